The van der Waals surface area contributed by atoms with E-state index >= 15 is 0 Å². The fraction of sp³-hybridized carbons (Fsp3) is 0.562. The van der Waals surface area contributed by atoms with Crippen molar-refractivity contribution < 1.29 is 9.47 Å². The lowest BCUT2D eigenvalue weighted by atomic mass is 9.93. The number of halogens is 1. The van der Waals surface area contributed by atoms with Crippen LogP contribution in [0.4, 0.5) is 0 Å². The minimum Gasteiger partial charge on any atom is -0.490 e. The fourth-order valence-electron chi connectivity index (χ4n) is 2.43. The van der Waals surface area contributed by atoms with Crippen LogP contribution in [0.2, 0.25) is 5.02 Å². The molecule has 0 saturated heterocycles. The van der Waals surface area contributed by atoms with Crippen LogP contribution >= 0.6 is 11.6 Å². The molecule has 1 aromatic carbocycles. The molecular formula is C16H22ClNO2. The van der Waals surface area contributed by atoms with Crippen LogP contribution in [-0.4, -0.2) is 32.6 Å². The Morgan fingerprint density at radius 1 is 1.35 bits per heavy atom. The van der Waals surface area contributed by atoms with Crippen molar-refractivity contribution >= 4 is 17.8 Å². The van der Waals surface area contributed by atoms with Gasteiger partial charge in [0.05, 0.1) is 17.7 Å². The normalized spacial score (nSPS) is 17.4. The van der Waals surface area contributed by atoms with Crippen LogP contribution in [0.1, 0.15) is 31.4 Å². The molecule has 1 heterocycles. The van der Waals surface area contributed by atoms with Gasteiger partial charge in [0, 0.05) is 13.3 Å². The van der Waals surface area contributed by atoms with Crippen molar-refractivity contribution in [2.75, 3.05) is 20.3 Å². The maximum atomic E-state index is 6.23. The number of hydrogen-bond acceptors (Lipinski definition) is 3. The molecule has 1 atom stereocenters. The third-order valence-electron chi connectivity index (χ3n) is 3.36. The molecule has 3 nitrogen and oxygen atoms in total. The molecule has 20 heavy (non-hydrogen) atoms. The Bertz CT molecular complexity index is 486. The molecular weight excluding hydrogens is 274 g/mol. The van der Waals surface area contributed by atoms with E-state index in [-0.39, 0.29) is 0 Å². The predicted molar refractivity (Wildman–Crippen MR) is 83.4 cm³/mol. The number of nitrogens with zero attached hydrogens (tertiary/aromatic N) is 1. The molecule has 0 radical (unpaired) electrons. The molecule has 0 spiro atoms. The molecule has 0 bridgehead atoms. The van der Waals surface area contributed by atoms with Gasteiger partial charge < -0.3 is 9.47 Å². The first-order chi connectivity index (χ1) is 9.60. The third kappa shape index (κ3) is 3.97. The first-order valence-corrected chi connectivity index (χ1v) is 7.45. The maximum absolute atomic E-state index is 6.23. The predicted octanol–water partition coefficient (Wildman–Crippen LogP) is 3.75. The third-order valence-corrected chi connectivity index (χ3v) is 3.66. The number of rotatable bonds is 6. The molecule has 0 N–H and O–H groups in total. The van der Waals surface area contributed by atoms with Crippen molar-refractivity contribution in [2.24, 2.45) is 10.9 Å². The van der Waals surface area contributed by atoms with Gasteiger partial charge in [-0.3, -0.25) is 4.99 Å². The summed E-state index contributed by atoms with van der Waals surface area (Å²) in [4.78, 5) is 4.61. The Labute approximate surface area is 126 Å². The molecule has 1 unspecified atom stereocenters. The van der Waals surface area contributed by atoms with Crippen LogP contribution in [0.5, 0.6) is 5.75 Å². The van der Waals surface area contributed by atoms with Crippen LogP contribution in [0, 0.1) is 5.92 Å². The molecule has 0 amide bonds. The van der Waals surface area contributed by atoms with E-state index in [0.29, 0.717) is 30.2 Å². The highest BCUT2D eigenvalue weighted by Crippen LogP contribution is 2.31. The van der Waals surface area contributed by atoms with Crippen molar-refractivity contribution in [2.45, 2.75) is 32.7 Å². The second kappa shape index (κ2) is 7.09. The molecule has 2 rings (SSSR count). The Balaban J connectivity index is 2.11. The average Bonchev–Trinajstić information content (AvgIpc) is 2.39. The van der Waals surface area contributed by atoms with E-state index in [1.807, 2.05) is 18.3 Å². The van der Waals surface area contributed by atoms with E-state index < -0.39 is 0 Å². The van der Waals surface area contributed by atoms with Crippen molar-refractivity contribution in [3.63, 3.8) is 0 Å². The van der Waals surface area contributed by atoms with Gasteiger partial charge in [0.2, 0.25) is 0 Å². The highest BCUT2D eigenvalue weighted by molar-refractivity contribution is 6.32. The van der Waals surface area contributed by atoms with E-state index in [4.69, 9.17) is 21.1 Å². The molecule has 1 aliphatic heterocycles. The van der Waals surface area contributed by atoms with Gasteiger partial charge in [0.25, 0.3) is 0 Å². The van der Waals surface area contributed by atoms with Gasteiger partial charge in [-0.05, 0) is 42.0 Å². The molecule has 1 aromatic rings. The van der Waals surface area contributed by atoms with Crippen LogP contribution < -0.4 is 4.74 Å². The molecule has 1 aliphatic rings. The minimum absolute atomic E-state index is 0.371. The van der Waals surface area contributed by atoms with Gasteiger partial charge in [-0.25, -0.2) is 0 Å². The van der Waals surface area contributed by atoms with E-state index in [9.17, 15) is 0 Å². The van der Waals surface area contributed by atoms with Crippen LogP contribution in [0.15, 0.2) is 17.1 Å². The molecule has 0 aliphatic carbocycles. The van der Waals surface area contributed by atoms with Crippen molar-refractivity contribution in [3.8, 4) is 5.75 Å². The van der Waals surface area contributed by atoms with E-state index in [1.54, 1.807) is 7.11 Å². The summed E-state index contributed by atoms with van der Waals surface area (Å²) in [7, 11) is 1.66. The van der Waals surface area contributed by atoms with Gasteiger partial charge in [0.1, 0.15) is 12.4 Å². The van der Waals surface area contributed by atoms with Crippen LogP contribution in [0.25, 0.3) is 0 Å². The quantitative estimate of drug-likeness (QED) is 0.748. The number of benzene rings is 1. The van der Waals surface area contributed by atoms with Crippen molar-refractivity contribution in [1.29, 1.82) is 0 Å². The van der Waals surface area contributed by atoms with Crippen molar-refractivity contribution in [1.82, 2.24) is 0 Å². The Morgan fingerprint density at radius 2 is 2.15 bits per heavy atom. The second-order valence-electron chi connectivity index (χ2n) is 5.59. The van der Waals surface area contributed by atoms with Gasteiger partial charge in [-0.1, -0.05) is 25.4 Å². The summed E-state index contributed by atoms with van der Waals surface area (Å²) < 4.78 is 10.6. The van der Waals surface area contributed by atoms with Crippen LogP contribution in [0.3, 0.4) is 0 Å². The van der Waals surface area contributed by atoms with Gasteiger partial charge in [0.15, 0.2) is 0 Å². The van der Waals surface area contributed by atoms with E-state index in [0.717, 1.165) is 24.2 Å². The smallest absolute Gasteiger partial charge is 0.138 e. The zero-order valence-corrected chi connectivity index (χ0v) is 13.1. The summed E-state index contributed by atoms with van der Waals surface area (Å²) in [5, 5.41) is 0.633. The highest BCUT2D eigenvalue weighted by Gasteiger charge is 2.18. The summed E-state index contributed by atoms with van der Waals surface area (Å²) in [6, 6.07) is 4.36. The number of ether oxygens (including phenoxy) is 2. The first-order valence-electron chi connectivity index (χ1n) is 7.07. The monoisotopic (exact) mass is 295 g/mol. The Hall–Kier alpha value is -1.06. The summed E-state index contributed by atoms with van der Waals surface area (Å²) in [5.41, 5.74) is 2.37. The van der Waals surface area contributed by atoms with Gasteiger partial charge in [-0.15, -0.1) is 0 Å². The molecule has 0 saturated carbocycles. The largest absolute Gasteiger partial charge is 0.490 e. The minimum atomic E-state index is 0.371. The summed E-state index contributed by atoms with van der Waals surface area (Å²) in [6.07, 6.45) is 4.01. The molecule has 0 fully saturated rings. The highest BCUT2D eigenvalue weighted by atomic mass is 35.5. The van der Waals surface area contributed by atoms with Gasteiger partial charge >= 0.3 is 0 Å². The van der Waals surface area contributed by atoms with Crippen LogP contribution in [-0.2, 0) is 11.2 Å². The summed E-state index contributed by atoms with van der Waals surface area (Å²) in [5.74, 6) is 1.39. The lowest BCUT2D eigenvalue weighted by Crippen LogP contribution is -2.17. The number of hydrogen-bond donors (Lipinski definition) is 0. The topological polar surface area (TPSA) is 30.8 Å². The summed E-state index contributed by atoms with van der Waals surface area (Å²) >= 11 is 6.23. The SMILES string of the molecule is COCCOc1cc2c(cc1Cl)C=NC(CC(C)C)C2. The van der Waals surface area contributed by atoms with E-state index in [2.05, 4.69) is 18.8 Å². The first kappa shape index (κ1) is 15.3. The molecule has 4 heteroatoms. The van der Waals surface area contributed by atoms with E-state index in [1.165, 1.54) is 5.56 Å². The fourth-order valence-corrected chi connectivity index (χ4v) is 2.66. The zero-order chi connectivity index (χ0) is 14.5. The Kier molecular flexibility index (Phi) is 5.44. The zero-order valence-electron chi connectivity index (χ0n) is 12.4. The van der Waals surface area contributed by atoms with Gasteiger partial charge in [-0.2, -0.15) is 0 Å². The lowest BCUT2D eigenvalue weighted by Gasteiger charge is -2.21. The Morgan fingerprint density at radius 3 is 2.85 bits per heavy atom. The molecule has 110 valence electrons. The second-order valence-corrected chi connectivity index (χ2v) is 6.00. The van der Waals surface area contributed by atoms with Crippen molar-refractivity contribution in [3.05, 3.63) is 28.3 Å². The number of aliphatic imine (C=N–C) groups is 1. The lowest BCUT2D eigenvalue weighted by molar-refractivity contribution is 0.146. The maximum Gasteiger partial charge on any atom is 0.138 e. The number of methoxy groups -OCH3 is 1. The number of fused-ring (bicyclic) bond motifs is 1. The molecule has 0 aromatic heterocycles. The standard InChI is InChI=1S/C16H22ClNO2/c1-11(2)6-14-7-12-9-16(20-5-4-19-3)15(17)8-13(12)10-18-14/h8-11,14H,4-7H2,1-3H3. The summed E-state index contributed by atoms with van der Waals surface area (Å²) in [6.45, 7) is 5.53. The average molecular weight is 296 g/mol.